The van der Waals surface area contributed by atoms with Crippen molar-refractivity contribution in [3.05, 3.63) is 60.2 Å². The van der Waals surface area contributed by atoms with Gasteiger partial charge in [-0.15, -0.1) is 0 Å². The summed E-state index contributed by atoms with van der Waals surface area (Å²) < 4.78 is 32.4. The Morgan fingerprint density at radius 3 is 2.59 bits per heavy atom. The van der Waals surface area contributed by atoms with Crippen molar-refractivity contribution in [3.63, 3.8) is 0 Å². The molecule has 1 heterocycles. The van der Waals surface area contributed by atoms with Gasteiger partial charge in [0.1, 0.15) is 0 Å². The summed E-state index contributed by atoms with van der Waals surface area (Å²) >= 11 is 0. The molecule has 154 valence electrons. The van der Waals surface area contributed by atoms with Crippen LogP contribution in [-0.2, 0) is 19.6 Å². The Morgan fingerprint density at radius 1 is 1.10 bits per heavy atom. The number of nitrogens with one attached hydrogen (secondary N) is 1. The molecule has 2 aromatic carbocycles. The molecule has 7 nitrogen and oxygen atoms in total. The minimum atomic E-state index is -3.77. The van der Waals surface area contributed by atoms with Crippen LogP contribution in [0.4, 0.5) is 5.69 Å². The molecule has 0 aliphatic carbocycles. The van der Waals surface area contributed by atoms with E-state index in [1.54, 1.807) is 29.2 Å². The maximum atomic E-state index is 12.4. The first-order chi connectivity index (χ1) is 13.9. The number of piperidine rings is 1. The number of hydrogen-bond donors (Lipinski definition) is 1. The van der Waals surface area contributed by atoms with Crippen LogP contribution in [0.1, 0.15) is 36.5 Å². The molecule has 0 radical (unpaired) electrons. The van der Waals surface area contributed by atoms with Crippen LogP contribution in [-0.4, -0.2) is 44.4 Å². The van der Waals surface area contributed by atoms with Gasteiger partial charge in [0.05, 0.1) is 10.5 Å². The summed E-state index contributed by atoms with van der Waals surface area (Å²) in [5, 5.41) is 0. The highest BCUT2D eigenvalue weighted by molar-refractivity contribution is 7.92. The summed E-state index contributed by atoms with van der Waals surface area (Å²) in [6.07, 6.45) is 2.99. The van der Waals surface area contributed by atoms with E-state index in [-0.39, 0.29) is 34.7 Å². The van der Waals surface area contributed by atoms with Crippen LogP contribution in [0, 0.1) is 0 Å². The molecule has 1 fully saturated rings. The molecular formula is C21H24N2O5S. The summed E-state index contributed by atoms with van der Waals surface area (Å²) in [7, 11) is -3.77. The number of amides is 1. The predicted molar refractivity (Wildman–Crippen MR) is 109 cm³/mol. The van der Waals surface area contributed by atoms with Crippen molar-refractivity contribution >= 4 is 27.6 Å². The lowest BCUT2D eigenvalue weighted by molar-refractivity contribution is -0.137. The largest absolute Gasteiger partial charge is 0.452 e. The third kappa shape index (κ3) is 5.35. The van der Waals surface area contributed by atoms with Crippen LogP contribution in [0.25, 0.3) is 0 Å². The Morgan fingerprint density at radius 2 is 1.86 bits per heavy atom. The number of nitrogens with zero attached hydrogens (tertiary/aromatic N) is 1. The van der Waals surface area contributed by atoms with E-state index in [1.165, 1.54) is 30.3 Å². The molecule has 29 heavy (non-hydrogen) atoms. The molecule has 1 saturated heterocycles. The van der Waals surface area contributed by atoms with Gasteiger partial charge in [0, 0.05) is 18.3 Å². The normalized spacial score (nSPS) is 16.9. The van der Waals surface area contributed by atoms with Crippen molar-refractivity contribution < 1.29 is 22.7 Å². The van der Waals surface area contributed by atoms with Crippen LogP contribution in [0.5, 0.6) is 0 Å². The van der Waals surface area contributed by atoms with Crippen molar-refractivity contribution in [1.82, 2.24) is 4.90 Å². The highest BCUT2D eigenvalue weighted by Gasteiger charge is 2.24. The van der Waals surface area contributed by atoms with Crippen LogP contribution in [0.3, 0.4) is 0 Å². The average Bonchev–Trinajstić information content (AvgIpc) is 2.72. The van der Waals surface area contributed by atoms with Crippen LogP contribution < -0.4 is 4.72 Å². The molecule has 0 aromatic heterocycles. The lowest BCUT2D eigenvalue weighted by Gasteiger charge is -2.33. The van der Waals surface area contributed by atoms with E-state index >= 15 is 0 Å². The van der Waals surface area contributed by atoms with Gasteiger partial charge in [-0.2, -0.15) is 0 Å². The van der Waals surface area contributed by atoms with E-state index in [1.807, 2.05) is 6.92 Å². The number of carbonyl (C=O) groups is 2. The Balaban J connectivity index is 1.63. The smallest absolute Gasteiger partial charge is 0.338 e. The number of ether oxygens (including phenoxy) is 1. The number of carbonyl (C=O) groups excluding carboxylic acids is 2. The van der Waals surface area contributed by atoms with Gasteiger partial charge in [-0.05, 0) is 56.5 Å². The number of anilines is 1. The number of benzene rings is 2. The van der Waals surface area contributed by atoms with Gasteiger partial charge >= 0.3 is 5.97 Å². The third-order valence-electron chi connectivity index (χ3n) is 4.85. The summed E-state index contributed by atoms with van der Waals surface area (Å²) in [5.74, 6) is -0.893. The number of hydrogen-bond acceptors (Lipinski definition) is 5. The first-order valence-electron chi connectivity index (χ1n) is 9.51. The molecule has 8 heteroatoms. The van der Waals surface area contributed by atoms with Crippen LogP contribution >= 0.6 is 0 Å². The van der Waals surface area contributed by atoms with E-state index in [0.717, 1.165) is 19.3 Å². The monoisotopic (exact) mass is 416 g/mol. The molecule has 1 aliphatic rings. The zero-order valence-electron chi connectivity index (χ0n) is 16.2. The molecule has 0 unspecified atom stereocenters. The summed E-state index contributed by atoms with van der Waals surface area (Å²) in [6, 6.07) is 14.1. The van der Waals surface area contributed by atoms with E-state index in [9.17, 15) is 18.0 Å². The van der Waals surface area contributed by atoms with Crippen LogP contribution in [0.15, 0.2) is 59.5 Å². The van der Waals surface area contributed by atoms with Gasteiger partial charge < -0.3 is 9.64 Å². The SMILES string of the molecule is C[C@H]1CCCCN1C(=O)COC(=O)c1cccc(NS(=O)(=O)c2ccccc2)c1. The first kappa shape index (κ1) is 20.9. The van der Waals surface area contributed by atoms with Gasteiger partial charge in [0.15, 0.2) is 6.61 Å². The fourth-order valence-corrected chi connectivity index (χ4v) is 4.36. The number of sulfonamides is 1. The molecule has 1 atom stereocenters. The third-order valence-corrected chi connectivity index (χ3v) is 6.25. The second-order valence-corrected chi connectivity index (χ2v) is 8.69. The topological polar surface area (TPSA) is 92.8 Å². The Kier molecular flexibility index (Phi) is 6.53. The summed E-state index contributed by atoms with van der Waals surface area (Å²) in [4.78, 5) is 26.5. The minimum Gasteiger partial charge on any atom is -0.452 e. The van der Waals surface area contributed by atoms with Crippen molar-refractivity contribution in [3.8, 4) is 0 Å². The standard InChI is InChI=1S/C21H24N2O5S/c1-16-8-5-6-13-23(16)20(24)15-28-21(25)17-9-7-10-18(14-17)22-29(26,27)19-11-3-2-4-12-19/h2-4,7,9-12,14,16,22H,5-6,8,13,15H2,1H3/t16-/m0/s1. The first-order valence-corrected chi connectivity index (χ1v) is 11.0. The fourth-order valence-electron chi connectivity index (χ4n) is 3.29. The van der Waals surface area contributed by atoms with E-state index < -0.39 is 16.0 Å². The molecule has 1 N–H and O–H groups in total. The fraction of sp³-hybridized carbons (Fsp3) is 0.333. The maximum Gasteiger partial charge on any atom is 0.338 e. The second kappa shape index (κ2) is 9.09. The van der Waals surface area contributed by atoms with E-state index in [4.69, 9.17) is 4.74 Å². The Hall–Kier alpha value is -2.87. The lowest BCUT2D eigenvalue weighted by atomic mass is 10.0. The Bertz CT molecular complexity index is 976. The van der Waals surface area contributed by atoms with Crippen molar-refractivity contribution in [2.75, 3.05) is 17.9 Å². The molecule has 0 saturated carbocycles. The van der Waals surface area contributed by atoms with Gasteiger partial charge in [0.2, 0.25) is 0 Å². The summed E-state index contributed by atoms with van der Waals surface area (Å²) in [5.41, 5.74) is 0.400. The second-order valence-electron chi connectivity index (χ2n) is 7.01. The predicted octanol–water partition coefficient (Wildman–Crippen LogP) is 3.05. The Labute approximate surface area is 170 Å². The number of esters is 1. The van der Waals surface area contributed by atoms with Gasteiger partial charge in [-0.3, -0.25) is 9.52 Å². The number of likely N-dealkylation sites (tertiary alicyclic amines) is 1. The molecule has 1 aliphatic heterocycles. The van der Waals surface area contributed by atoms with Gasteiger partial charge in [-0.1, -0.05) is 24.3 Å². The average molecular weight is 416 g/mol. The zero-order chi connectivity index (χ0) is 20.9. The van der Waals surface area contributed by atoms with E-state index in [0.29, 0.717) is 6.54 Å². The van der Waals surface area contributed by atoms with Crippen LogP contribution in [0.2, 0.25) is 0 Å². The highest BCUT2D eigenvalue weighted by Crippen LogP contribution is 2.19. The zero-order valence-corrected chi connectivity index (χ0v) is 17.0. The van der Waals surface area contributed by atoms with Crippen molar-refractivity contribution in [1.29, 1.82) is 0 Å². The molecule has 1 amide bonds. The molecule has 0 spiro atoms. The summed E-state index contributed by atoms with van der Waals surface area (Å²) in [6.45, 7) is 2.33. The quantitative estimate of drug-likeness (QED) is 0.731. The van der Waals surface area contributed by atoms with Gasteiger partial charge in [-0.25, -0.2) is 13.2 Å². The molecule has 3 rings (SSSR count). The van der Waals surface area contributed by atoms with E-state index in [2.05, 4.69) is 4.72 Å². The van der Waals surface area contributed by atoms with Crippen molar-refractivity contribution in [2.24, 2.45) is 0 Å². The molecule has 0 bridgehead atoms. The number of rotatable bonds is 6. The maximum absolute atomic E-state index is 12.4. The highest BCUT2D eigenvalue weighted by atomic mass is 32.2. The lowest BCUT2D eigenvalue weighted by Crippen LogP contribution is -2.44. The van der Waals surface area contributed by atoms with Gasteiger partial charge in [0.25, 0.3) is 15.9 Å². The molecular weight excluding hydrogens is 392 g/mol. The molecule has 2 aromatic rings. The minimum absolute atomic E-state index is 0.120. The van der Waals surface area contributed by atoms with Crippen molar-refractivity contribution in [2.45, 2.75) is 37.1 Å².